The van der Waals surface area contributed by atoms with E-state index in [-0.39, 0.29) is 11.6 Å². The lowest BCUT2D eigenvalue weighted by Gasteiger charge is -2.31. The van der Waals surface area contributed by atoms with Crippen LogP contribution in [0.2, 0.25) is 0 Å². The molecule has 3 aromatic rings. The lowest BCUT2D eigenvalue weighted by Crippen LogP contribution is -2.37. The molecule has 0 N–H and O–H groups in total. The largest absolute Gasteiger partial charge is 0.339 e. The molecule has 1 aliphatic heterocycles. The minimum Gasteiger partial charge on any atom is -0.339 e. The Labute approximate surface area is 160 Å². The van der Waals surface area contributed by atoms with Crippen molar-refractivity contribution in [2.24, 2.45) is 0 Å². The molecule has 4 rings (SSSR count). The Morgan fingerprint density at radius 3 is 2.67 bits per heavy atom. The van der Waals surface area contributed by atoms with Crippen LogP contribution in [0.1, 0.15) is 39.7 Å². The quantitative estimate of drug-likeness (QED) is 0.493. The monoisotopic (exact) mass is 381 g/mol. The van der Waals surface area contributed by atoms with E-state index in [9.17, 15) is 14.9 Å². The Hall–Kier alpha value is -2.80. The SMILES string of the molecule is Cc1ccc(C(=O)N2CCC(c3nc4ccccc4s3)CC2)cc1[N+](=O)[O-]. The average Bonchev–Trinajstić information content (AvgIpc) is 3.12. The normalized spacial score (nSPS) is 15.2. The van der Waals surface area contributed by atoms with Crippen molar-refractivity contribution >= 4 is 33.1 Å². The van der Waals surface area contributed by atoms with Crippen molar-refractivity contribution in [2.45, 2.75) is 25.7 Å². The number of hydrogen-bond donors (Lipinski definition) is 0. The summed E-state index contributed by atoms with van der Waals surface area (Å²) in [7, 11) is 0. The van der Waals surface area contributed by atoms with E-state index < -0.39 is 4.92 Å². The van der Waals surface area contributed by atoms with Crippen molar-refractivity contribution < 1.29 is 9.72 Å². The second-order valence-corrected chi connectivity index (χ2v) is 7.91. The highest BCUT2D eigenvalue weighted by atomic mass is 32.1. The van der Waals surface area contributed by atoms with Gasteiger partial charge in [-0.1, -0.05) is 18.2 Å². The molecule has 0 atom stereocenters. The van der Waals surface area contributed by atoms with E-state index in [0.717, 1.165) is 23.4 Å². The third kappa shape index (κ3) is 3.42. The van der Waals surface area contributed by atoms with E-state index in [0.29, 0.717) is 30.1 Å². The molecule has 1 fully saturated rings. The van der Waals surface area contributed by atoms with E-state index in [4.69, 9.17) is 4.98 Å². The van der Waals surface area contributed by atoms with Crippen molar-refractivity contribution in [3.63, 3.8) is 0 Å². The van der Waals surface area contributed by atoms with E-state index in [1.165, 1.54) is 10.8 Å². The second kappa shape index (κ2) is 7.08. The van der Waals surface area contributed by atoms with Gasteiger partial charge in [0, 0.05) is 36.2 Å². The summed E-state index contributed by atoms with van der Waals surface area (Å²) in [6, 6.07) is 12.8. The number of carbonyl (C=O) groups is 1. The molecule has 0 spiro atoms. The molecule has 138 valence electrons. The zero-order chi connectivity index (χ0) is 19.0. The van der Waals surface area contributed by atoms with Crippen molar-refractivity contribution in [3.8, 4) is 0 Å². The van der Waals surface area contributed by atoms with Gasteiger partial charge in [0.1, 0.15) is 0 Å². The van der Waals surface area contributed by atoms with Crippen molar-refractivity contribution in [3.05, 3.63) is 68.7 Å². The third-order valence-corrected chi connectivity index (χ3v) is 6.29. The summed E-state index contributed by atoms with van der Waals surface area (Å²) in [5.41, 5.74) is 1.96. The number of rotatable bonds is 3. The molecule has 27 heavy (non-hydrogen) atoms. The molecule has 1 saturated heterocycles. The number of nitro benzene ring substituents is 1. The number of piperidine rings is 1. The van der Waals surface area contributed by atoms with Crippen LogP contribution in [0.3, 0.4) is 0 Å². The number of carbonyl (C=O) groups excluding carboxylic acids is 1. The molecule has 0 radical (unpaired) electrons. The summed E-state index contributed by atoms with van der Waals surface area (Å²) in [5, 5.41) is 12.3. The molecule has 6 nitrogen and oxygen atoms in total. The van der Waals surface area contributed by atoms with Crippen LogP contribution in [-0.2, 0) is 0 Å². The summed E-state index contributed by atoms with van der Waals surface area (Å²) in [5.74, 6) is 0.222. The summed E-state index contributed by atoms with van der Waals surface area (Å²) in [4.78, 5) is 30.0. The molecule has 0 aliphatic carbocycles. The maximum atomic E-state index is 12.8. The Kier molecular flexibility index (Phi) is 4.61. The van der Waals surface area contributed by atoms with Gasteiger partial charge in [-0.15, -0.1) is 11.3 Å². The number of nitrogens with zero attached hydrogens (tertiary/aromatic N) is 3. The Bertz CT molecular complexity index is 989. The Balaban J connectivity index is 1.46. The van der Waals surface area contributed by atoms with Gasteiger partial charge in [0.2, 0.25) is 0 Å². The van der Waals surface area contributed by atoms with Gasteiger partial charge in [0.25, 0.3) is 11.6 Å². The number of amides is 1. The lowest BCUT2D eigenvalue weighted by atomic mass is 9.97. The molecule has 1 aromatic heterocycles. The van der Waals surface area contributed by atoms with Crippen LogP contribution in [0.15, 0.2) is 42.5 Å². The molecule has 1 aliphatic rings. The summed E-state index contributed by atoms with van der Waals surface area (Å²) < 4.78 is 1.19. The minimum atomic E-state index is -0.439. The van der Waals surface area contributed by atoms with E-state index in [1.54, 1.807) is 35.3 Å². The van der Waals surface area contributed by atoms with Crippen molar-refractivity contribution in [1.82, 2.24) is 9.88 Å². The summed E-state index contributed by atoms with van der Waals surface area (Å²) in [6.07, 6.45) is 1.72. The van der Waals surface area contributed by atoms with Crippen LogP contribution in [0, 0.1) is 17.0 Å². The number of para-hydroxylation sites is 1. The third-order valence-electron chi connectivity index (χ3n) is 5.09. The Morgan fingerprint density at radius 1 is 1.22 bits per heavy atom. The van der Waals surface area contributed by atoms with E-state index in [1.807, 2.05) is 18.2 Å². The number of aromatic nitrogens is 1. The van der Waals surface area contributed by atoms with Crippen LogP contribution in [0.5, 0.6) is 0 Å². The van der Waals surface area contributed by atoms with Gasteiger partial charge >= 0.3 is 0 Å². The van der Waals surface area contributed by atoms with Gasteiger partial charge in [-0.25, -0.2) is 4.98 Å². The highest BCUT2D eigenvalue weighted by Crippen LogP contribution is 2.34. The van der Waals surface area contributed by atoms with Gasteiger partial charge in [-0.2, -0.15) is 0 Å². The number of thiazole rings is 1. The predicted octanol–water partition coefficient (Wildman–Crippen LogP) is 4.53. The standard InChI is InChI=1S/C20H19N3O3S/c1-13-6-7-15(12-17(13)23(25)26)20(24)22-10-8-14(9-11-22)19-21-16-4-2-3-5-18(16)27-19/h2-7,12,14H,8-11H2,1H3. The van der Waals surface area contributed by atoms with Crippen LogP contribution in [0.4, 0.5) is 5.69 Å². The predicted molar refractivity (Wildman–Crippen MR) is 105 cm³/mol. The molecule has 7 heteroatoms. The molecule has 2 aromatic carbocycles. The van der Waals surface area contributed by atoms with Gasteiger partial charge in [0.05, 0.1) is 20.1 Å². The lowest BCUT2D eigenvalue weighted by molar-refractivity contribution is -0.385. The number of nitro groups is 1. The molecule has 0 saturated carbocycles. The van der Waals surface area contributed by atoms with Crippen LogP contribution < -0.4 is 0 Å². The molecule has 2 heterocycles. The average molecular weight is 381 g/mol. The van der Waals surface area contributed by atoms with Gasteiger partial charge in [-0.05, 0) is 38.0 Å². The van der Waals surface area contributed by atoms with Gasteiger partial charge in [-0.3, -0.25) is 14.9 Å². The smallest absolute Gasteiger partial charge is 0.273 e. The first-order valence-corrected chi connectivity index (χ1v) is 9.74. The van der Waals surface area contributed by atoms with Gasteiger partial charge < -0.3 is 4.90 Å². The zero-order valence-corrected chi connectivity index (χ0v) is 15.7. The number of fused-ring (bicyclic) bond motifs is 1. The van der Waals surface area contributed by atoms with Crippen LogP contribution in [-0.4, -0.2) is 33.8 Å². The minimum absolute atomic E-state index is 0.00906. The topological polar surface area (TPSA) is 76.3 Å². The first-order valence-electron chi connectivity index (χ1n) is 8.92. The molecule has 0 bridgehead atoms. The van der Waals surface area contributed by atoms with Crippen molar-refractivity contribution in [1.29, 1.82) is 0 Å². The maximum Gasteiger partial charge on any atom is 0.273 e. The first-order chi connectivity index (χ1) is 13.0. The maximum absolute atomic E-state index is 12.8. The van der Waals surface area contributed by atoms with Gasteiger partial charge in [0.15, 0.2) is 0 Å². The summed E-state index contributed by atoms with van der Waals surface area (Å²) in [6.45, 7) is 2.96. The summed E-state index contributed by atoms with van der Waals surface area (Å²) >= 11 is 1.73. The molecular weight excluding hydrogens is 362 g/mol. The zero-order valence-electron chi connectivity index (χ0n) is 14.9. The van der Waals surface area contributed by atoms with Crippen LogP contribution >= 0.6 is 11.3 Å². The fraction of sp³-hybridized carbons (Fsp3) is 0.300. The first kappa shape index (κ1) is 17.6. The van der Waals surface area contributed by atoms with Crippen molar-refractivity contribution in [2.75, 3.05) is 13.1 Å². The number of hydrogen-bond acceptors (Lipinski definition) is 5. The fourth-order valence-electron chi connectivity index (χ4n) is 3.52. The highest BCUT2D eigenvalue weighted by molar-refractivity contribution is 7.18. The fourth-order valence-corrected chi connectivity index (χ4v) is 4.65. The Morgan fingerprint density at radius 2 is 1.96 bits per heavy atom. The van der Waals surface area contributed by atoms with E-state index in [2.05, 4.69) is 6.07 Å². The molecular formula is C20H19N3O3S. The molecule has 1 amide bonds. The number of benzene rings is 2. The number of aryl methyl sites for hydroxylation is 1. The molecule has 0 unspecified atom stereocenters. The van der Waals surface area contributed by atoms with Crippen LogP contribution in [0.25, 0.3) is 10.2 Å². The number of likely N-dealkylation sites (tertiary alicyclic amines) is 1. The van der Waals surface area contributed by atoms with E-state index >= 15 is 0 Å². The highest BCUT2D eigenvalue weighted by Gasteiger charge is 2.27. The second-order valence-electron chi connectivity index (χ2n) is 6.84.